The summed E-state index contributed by atoms with van der Waals surface area (Å²) in [6.07, 6.45) is 7.15. The van der Waals surface area contributed by atoms with Gasteiger partial charge in [-0.15, -0.1) is 0 Å². The first kappa shape index (κ1) is 21.4. The predicted molar refractivity (Wildman–Crippen MR) is 109 cm³/mol. The van der Waals surface area contributed by atoms with Gasteiger partial charge in [0.25, 0.3) is 0 Å². The molecular formula is C24H32O6. The second-order valence-electron chi connectivity index (χ2n) is 10.3. The molecule has 30 heavy (non-hydrogen) atoms. The van der Waals surface area contributed by atoms with Gasteiger partial charge in [0.2, 0.25) is 5.78 Å². The Labute approximate surface area is 177 Å². The van der Waals surface area contributed by atoms with E-state index in [0.717, 1.165) is 18.4 Å². The first-order valence-corrected chi connectivity index (χ1v) is 11.0. The zero-order valence-electron chi connectivity index (χ0n) is 18.2. The molecule has 4 aliphatic rings. The van der Waals surface area contributed by atoms with Crippen molar-refractivity contribution in [2.75, 3.05) is 6.61 Å². The molecule has 0 aromatic heterocycles. The third kappa shape index (κ3) is 2.72. The predicted octanol–water partition coefficient (Wildman–Crippen LogP) is 2.37. The molecule has 0 aliphatic heterocycles. The average Bonchev–Trinajstić information content (AvgIpc) is 2.87. The number of esters is 1. The van der Waals surface area contributed by atoms with Crippen LogP contribution in [-0.4, -0.2) is 46.1 Å². The summed E-state index contributed by atoms with van der Waals surface area (Å²) in [5.41, 5.74) is -1.75. The number of ether oxygens (including phenoxy) is 1. The van der Waals surface area contributed by atoms with Crippen molar-refractivity contribution < 1.29 is 29.3 Å². The Bertz CT molecular complexity index is 858. The fraction of sp³-hybridized carbons (Fsp3) is 0.708. The van der Waals surface area contributed by atoms with E-state index in [1.54, 1.807) is 12.2 Å². The van der Waals surface area contributed by atoms with Crippen molar-refractivity contribution >= 4 is 17.5 Å². The van der Waals surface area contributed by atoms with Crippen LogP contribution in [0.2, 0.25) is 0 Å². The largest absolute Gasteiger partial charge is 0.458 e. The highest BCUT2D eigenvalue weighted by molar-refractivity contribution is 6.01. The van der Waals surface area contributed by atoms with E-state index in [0.29, 0.717) is 12.8 Å². The SMILES string of the molecule is CC(=O)OCC(=O)[C@@]1(O)[C@H](C)C[C@@H]2[C@@H]3CCC4=CC(=O)C=C[C@]4(C)[C@H]3[C@H](O)C[C@@]21C. The number of carbonyl (C=O) groups is 3. The summed E-state index contributed by atoms with van der Waals surface area (Å²) in [5.74, 6) is -1.19. The molecule has 0 aromatic rings. The third-order valence-electron chi connectivity index (χ3n) is 8.91. The summed E-state index contributed by atoms with van der Waals surface area (Å²) in [6.45, 7) is 6.69. The summed E-state index contributed by atoms with van der Waals surface area (Å²) in [4.78, 5) is 36.2. The Morgan fingerprint density at radius 2 is 2.00 bits per heavy atom. The number of aliphatic hydroxyl groups excluding tert-OH is 1. The van der Waals surface area contributed by atoms with Crippen molar-refractivity contribution in [3.05, 3.63) is 23.8 Å². The fourth-order valence-electron chi connectivity index (χ4n) is 7.53. The molecule has 0 heterocycles. The number of allylic oxidation sites excluding steroid dienone is 4. The van der Waals surface area contributed by atoms with Gasteiger partial charge in [-0.3, -0.25) is 14.4 Å². The van der Waals surface area contributed by atoms with Gasteiger partial charge in [0, 0.05) is 23.7 Å². The van der Waals surface area contributed by atoms with Gasteiger partial charge in [-0.2, -0.15) is 0 Å². The highest BCUT2D eigenvalue weighted by Crippen LogP contribution is 2.68. The molecule has 0 saturated heterocycles. The topological polar surface area (TPSA) is 101 Å². The van der Waals surface area contributed by atoms with E-state index in [9.17, 15) is 24.6 Å². The van der Waals surface area contributed by atoms with E-state index in [-0.39, 0.29) is 34.9 Å². The van der Waals surface area contributed by atoms with Crippen LogP contribution in [0.3, 0.4) is 0 Å². The standard InChI is InChI=1S/C24H32O6/c1-13-9-18-17-6-5-15-10-16(26)7-8-22(15,3)21(17)19(27)11-23(18,4)24(13,29)20(28)12-30-14(2)25/h7-8,10,13,17-19,21,27,29H,5-6,9,11-12H2,1-4H3/t13-,17+,18-,19-,21-,22+,23+,24+/m1/s1. The van der Waals surface area contributed by atoms with Crippen molar-refractivity contribution in [1.29, 1.82) is 0 Å². The van der Waals surface area contributed by atoms with Gasteiger partial charge in [0.05, 0.1) is 6.10 Å². The number of rotatable bonds is 3. The lowest BCUT2D eigenvalue weighted by atomic mass is 9.46. The summed E-state index contributed by atoms with van der Waals surface area (Å²) >= 11 is 0. The van der Waals surface area contributed by atoms with Crippen LogP contribution >= 0.6 is 0 Å². The van der Waals surface area contributed by atoms with Crippen LogP contribution < -0.4 is 0 Å². The van der Waals surface area contributed by atoms with Gasteiger partial charge in [0.1, 0.15) is 5.60 Å². The van der Waals surface area contributed by atoms with Gasteiger partial charge in [0.15, 0.2) is 12.4 Å². The lowest BCUT2D eigenvalue weighted by Gasteiger charge is -2.59. The smallest absolute Gasteiger partial charge is 0.303 e. The number of aliphatic hydroxyl groups is 2. The average molecular weight is 417 g/mol. The van der Waals surface area contributed by atoms with E-state index in [1.807, 2.05) is 19.9 Å². The van der Waals surface area contributed by atoms with E-state index in [1.165, 1.54) is 6.92 Å². The maximum absolute atomic E-state index is 13.1. The van der Waals surface area contributed by atoms with E-state index < -0.39 is 35.5 Å². The van der Waals surface area contributed by atoms with Crippen molar-refractivity contribution in [2.45, 2.75) is 65.1 Å². The minimum atomic E-state index is -1.64. The molecular weight excluding hydrogens is 384 g/mol. The zero-order chi connectivity index (χ0) is 22.1. The zero-order valence-corrected chi connectivity index (χ0v) is 18.2. The Kier molecular flexibility index (Phi) is 4.90. The number of ketones is 2. The third-order valence-corrected chi connectivity index (χ3v) is 8.91. The minimum absolute atomic E-state index is 0.00371. The number of hydrogen-bond donors (Lipinski definition) is 2. The van der Waals surface area contributed by atoms with E-state index in [4.69, 9.17) is 4.74 Å². The molecule has 6 nitrogen and oxygen atoms in total. The number of hydrogen-bond acceptors (Lipinski definition) is 6. The lowest BCUT2D eigenvalue weighted by molar-refractivity contribution is -0.185. The Hall–Kier alpha value is -1.79. The van der Waals surface area contributed by atoms with Gasteiger partial charge in [-0.1, -0.05) is 32.4 Å². The molecule has 0 aromatic carbocycles. The van der Waals surface area contributed by atoms with Crippen LogP contribution in [0.5, 0.6) is 0 Å². The molecule has 0 bridgehead atoms. The van der Waals surface area contributed by atoms with Gasteiger partial charge < -0.3 is 14.9 Å². The number of Topliss-reactive ketones (excluding diaryl/α,β-unsaturated/α-hetero) is 1. The summed E-state index contributed by atoms with van der Waals surface area (Å²) < 4.78 is 4.93. The molecule has 0 spiro atoms. The monoisotopic (exact) mass is 416 g/mol. The normalized spacial score (nSPS) is 47.1. The first-order valence-electron chi connectivity index (χ1n) is 11.0. The van der Waals surface area contributed by atoms with Crippen molar-refractivity contribution in [1.82, 2.24) is 0 Å². The molecule has 8 atom stereocenters. The second-order valence-corrected chi connectivity index (χ2v) is 10.3. The number of fused-ring (bicyclic) bond motifs is 5. The maximum atomic E-state index is 13.1. The van der Waals surface area contributed by atoms with Crippen LogP contribution in [0.15, 0.2) is 23.8 Å². The summed E-state index contributed by atoms with van der Waals surface area (Å²) in [7, 11) is 0. The molecule has 0 unspecified atom stereocenters. The quantitative estimate of drug-likeness (QED) is 0.685. The van der Waals surface area contributed by atoms with Crippen LogP contribution in [-0.2, 0) is 19.1 Å². The van der Waals surface area contributed by atoms with Crippen LogP contribution in [0, 0.1) is 34.5 Å². The van der Waals surface area contributed by atoms with Gasteiger partial charge in [-0.05, 0) is 55.6 Å². The Morgan fingerprint density at radius 3 is 2.67 bits per heavy atom. The molecule has 0 radical (unpaired) electrons. The van der Waals surface area contributed by atoms with Crippen LogP contribution in [0.25, 0.3) is 0 Å². The summed E-state index contributed by atoms with van der Waals surface area (Å²) in [6, 6.07) is 0. The van der Waals surface area contributed by atoms with E-state index in [2.05, 4.69) is 6.92 Å². The highest BCUT2D eigenvalue weighted by atomic mass is 16.5. The molecule has 4 aliphatic carbocycles. The fourth-order valence-corrected chi connectivity index (χ4v) is 7.53. The van der Waals surface area contributed by atoms with Gasteiger partial charge in [-0.25, -0.2) is 0 Å². The first-order chi connectivity index (χ1) is 13.9. The van der Waals surface area contributed by atoms with Crippen LogP contribution in [0.1, 0.15) is 53.4 Å². The van der Waals surface area contributed by atoms with Crippen molar-refractivity contribution in [3.63, 3.8) is 0 Å². The molecule has 2 N–H and O–H groups in total. The van der Waals surface area contributed by atoms with Crippen molar-refractivity contribution in [3.8, 4) is 0 Å². The number of carbonyl (C=O) groups excluding carboxylic acids is 3. The van der Waals surface area contributed by atoms with Crippen molar-refractivity contribution in [2.24, 2.45) is 34.5 Å². The van der Waals surface area contributed by atoms with Gasteiger partial charge >= 0.3 is 5.97 Å². The second kappa shape index (κ2) is 6.86. The Morgan fingerprint density at radius 1 is 1.30 bits per heavy atom. The Balaban J connectivity index is 1.70. The molecule has 3 fully saturated rings. The highest BCUT2D eigenvalue weighted by Gasteiger charge is 2.70. The van der Waals surface area contributed by atoms with Crippen LogP contribution in [0.4, 0.5) is 0 Å². The lowest BCUT2D eigenvalue weighted by Crippen LogP contribution is -2.62. The molecule has 4 rings (SSSR count). The summed E-state index contributed by atoms with van der Waals surface area (Å²) in [5, 5.41) is 23.1. The molecule has 3 saturated carbocycles. The molecule has 0 amide bonds. The van der Waals surface area contributed by atoms with E-state index >= 15 is 0 Å². The minimum Gasteiger partial charge on any atom is -0.458 e. The molecule has 6 heteroatoms. The molecule has 164 valence electrons. The maximum Gasteiger partial charge on any atom is 0.303 e.